The van der Waals surface area contributed by atoms with Gasteiger partial charge in [0.25, 0.3) is 0 Å². The van der Waals surface area contributed by atoms with E-state index in [2.05, 4.69) is 10.4 Å². The van der Waals surface area contributed by atoms with E-state index in [1.54, 1.807) is 26.0 Å². The number of halogens is 1. The fraction of sp³-hybridized carbons (Fsp3) is 0.389. The van der Waals surface area contributed by atoms with Crippen LogP contribution >= 0.6 is 0 Å². The highest BCUT2D eigenvalue weighted by Crippen LogP contribution is 2.25. The molecular weight excluding hydrogens is 341 g/mol. The molecule has 2 unspecified atom stereocenters. The standard InChI is InChI=1S/C18H20FN3O4/c1-10-15(11(2)22(21-10)13-7-5-12(19)6-8-13)16(18(24)25)20-17(23)14-4-3-9-26-14/h5-8,14,16H,3-4,9H2,1-2H3,(H,20,23)(H,24,25). The maximum atomic E-state index is 13.1. The van der Waals surface area contributed by atoms with Gasteiger partial charge < -0.3 is 15.2 Å². The number of benzene rings is 1. The van der Waals surface area contributed by atoms with Gasteiger partial charge in [-0.15, -0.1) is 0 Å². The molecule has 2 aromatic rings. The van der Waals surface area contributed by atoms with E-state index in [4.69, 9.17) is 4.74 Å². The number of nitrogens with one attached hydrogen (secondary N) is 1. The molecule has 0 radical (unpaired) electrons. The summed E-state index contributed by atoms with van der Waals surface area (Å²) in [5.74, 6) is -1.99. The molecule has 0 spiro atoms. The number of carbonyl (C=O) groups excluding carboxylic acids is 1. The molecule has 2 heterocycles. The quantitative estimate of drug-likeness (QED) is 0.850. The second-order valence-electron chi connectivity index (χ2n) is 6.25. The molecule has 0 aliphatic carbocycles. The number of aliphatic carboxylic acids is 1. The van der Waals surface area contributed by atoms with Crippen molar-refractivity contribution in [1.82, 2.24) is 15.1 Å². The van der Waals surface area contributed by atoms with Crippen molar-refractivity contribution < 1.29 is 23.8 Å². The van der Waals surface area contributed by atoms with Crippen molar-refractivity contribution in [2.24, 2.45) is 0 Å². The predicted molar refractivity (Wildman–Crippen MR) is 90.5 cm³/mol. The molecule has 1 fully saturated rings. The average molecular weight is 361 g/mol. The van der Waals surface area contributed by atoms with Crippen molar-refractivity contribution in [2.45, 2.75) is 38.8 Å². The molecule has 1 aromatic carbocycles. The van der Waals surface area contributed by atoms with Gasteiger partial charge in [0.15, 0.2) is 6.04 Å². The summed E-state index contributed by atoms with van der Waals surface area (Å²) in [7, 11) is 0. The maximum absolute atomic E-state index is 13.1. The molecular formula is C18H20FN3O4. The minimum atomic E-state index is -1.24. The van der Waals surface area contributed by atoms with Crippen LogP contribution in [-0.4, -0.2) is 39.5 Å². The fourth-order valence-electron chi connectivity index (χ4n) is 3.18. The van der Waals surface area contributed by atoms with Gasteiger partial charge in [-0.1, -0.05) is 0 Å². The number of amides is 1. The molecule has 1 amide bonds. The summed E-state index contributed by atoms with van der Waals surface area (Å²) in [6.07, 6.45) is 0.728. The molecule has 8 heteroatoms. The van der Waals surface area contributed by atoms with Gasteiger partial charge in [-0.2, -0.15) is 5.10 Å². The van der Waals surface area contributed by atoms with Gasteiger partial charge in [0.1, 0.15) is 11.9 Å². The lowest BCUT2D eigenvalue weighted by Gasteiger charge is -2.18. The van der Waals surface area contributed by atoms with Crippen molar-refractivity contribution in [2.75, 3.05) is 6.61 Å². The average Bonchev–Trinajstić information content (AvgIpc) is 3.22. The minimum absolute atomic E-state index is 0.372. The van der Waals surface area contributed by atoms with Gasteiger partial charge in [0, 0.05) is 17.9 Å². The zero-order valence-electron chi connectivity index (χ0n) is 14.5. The number of aromatic nitrogens is 2. The first-order valence-corrected chi connectivity index (χ1v) is 8.35. The summed E-state index contributed by atoms with van der Waals surface area (Å²) >= 11 is 0. The Bertz CT molecular complexity index is 826. The Balaban J connectivity index is 1.93. The molecule has 3 rings (SSSR count). The molecule has 0 bridgehead atoms. The third kappa shape index (κ3) is 3.45. The van der Waals surface area contributed by atoms with Crippen LogP contribution < -0.4 is 5.32 Å². The van der Waals surface area contributed by atoms with Gasteiger partial charge in [0.2, 0.25) is 5.91 Å². The van der Waals surface area contributed by atoms with Gasteiger partial charge in [-0.05, 0) is 51.0 Å². The van der Waals surface area contributed by atoms with E-state index in [0.717, 1.165) is 6.42 Å². The number of ether oxygens (including phenoxy) is 1. The molecule has 1 aliphatic heterocycles. The van der Waals surface area contributed by atoms with Crippen molar-refractivity contribution in [3.05, 3.63) is 47.0 Å². The molecule has 138 valence electrons. The van der Waals surface area contributed by atoms with Gasteiger partial charge in [-0.25, -0.2) is 13.9 Å². The highest BCUT2D eigenvalue weighted by atomic mass is 19.1. The topological polar surface area (TPSA) is 93.5 Å². The molecule has 1 saturated heterocycles. The van der Waals surface area contributed by atoms with E-state index in [1.165, 1.54) is 16.8 Å². The lowest BCUT2D eigenvalue weighted by molar-refractivity contribution is -0.143. The first-order chi connectivity index (χ1) is 12.4. The van der Waals surface area contributed by atoms with Crippen molar-refractivity contribution >= 4 is 11.9 Å². The van der Waals surface area contributed by atoms with E-state index >= 15 is 0 Å². The van der Waals surface area contributed by atoms with Gasteiger partial charge >= 0.3 is 5.97 Å². The van der Waals surface area contributed by atoms with Crippen LogP contribution in [0, 0.1) is 19.7 Å². The molecule has 1 aromatic heterocycles. The van der Waals surface area contributed by atoms with Crippen molar-refractivity contribution in [1.29, 1.82) is 0 Å². The van der Waals surface area contributed by atoms with E-state index in [1.807, 2.05) is 0 Å². The molecule has 26 heavy (non-hydrogen) atoms. The molecule has 7 nitrogen and oxygen atoms in total. The molecule has 2 N–H and O–H groups in total. The number of carboxylic acids is 1. The number of carbonyl (C=O) groups is 2. The number of hydrogen-bond donors (Lipinski definition) is 2. The van der Waals surface area contributed by atoms with Crippen LogP contribution in [0.15, 0.2) is 24.3 Å². The third-order valence-electron chi connectivity index (χ3n) is 4.46. The SMILES string of the molecule is Cc1nn(-c2ccc(F)cc2)c(C)c1C(NC(=O)C1CCCO1)C(=O)O. The second-order valence-corrected chi connectivity index (χ2v) is 6.25. The van der Waals surface area contributed by atoms with Crippen molar-refractivity contribution in [3.8, 4) is 5.69 Å². The summed E-state index contributed by atoms with van der Waals surface area (Å²) in [5.41, 5.74) is 2.06. The van der Waals surface area contributed by atoms with Crippen LogP contribution in [0.25, 0.3) is 5.69 Å². The Morgan fingerprint density at radius 3 is 2.62 bits per heavy atom. The summed E-state index contributed by atoms with van der Waals surface area (Å²) in [4.78, 5) is 24.1. The summed E-state index contributed by atoms with van der Waals surface area (Å²) in [6.45, 7) is 3.89. The Morgan fingerprint density at radius 2 is 2.04 bits per heavy atom. The van der Waals surface area contributed by atoms with E-state index in [9.17, 15) is 19.1 Å². The number of rotatable bonds is 5. The van der Waals surface area contributed by atoms with Gasteiger partial charge in [-0.3, -0.25) is 4.79 Å². The Labute approximate surface area is 149 Å². The van der Waals surface area contributed by atoms with Crippen LogP contribution in [0.4, 0.5) is 4.39 Å². The maximum Gasteiger partial charge on any atom is 0.331 e. The second kappa shape index (κ2) is 7.25. The zero-order valence-corrected chi connectivity index (χ0v) is 14.5. The van der Waals surface area contributed by atoms with Crippen molar-refractivity contribution in [3.63, 3.8) is 0 Å². The first-order valence-electron chi connectivity index (χ1n) is 8.35. The van der Waals surface area contributed by atoms with Gasteiger partial charge in [0.05, 0.1) is 11.4 Å². The normalized spacial score (nSPS) is 17.9. The third-order valence-corrected chi connectivity index (χ3v) is 4.46. The predicted octanol–water partition coefficient (Wildman–Crippen LogP) is 2.05. The Hall–Kier alpha value is -2.74. The monoisotopic (exact) mass is 361 g/mol. The Kier molecular flexibility index (Phi) is 5.03. The van der Waals surface area contributed by atoms with Crippen LogP contribution in [0.2, 0.25) is 0 Å². The number of nitrogens with zero attached hydrogens (tertiary/aromatic N) is 2. The number of hydrogen-bond acceptors (Lipinski definition) is 4. The minimum Gasteiger partial charge on any atom is -0.479 e. The highest BCUT2D eigenvalue weighted by Gasteiger charge is 2.32. The summed E-state index contributed by atoms with van der Waals surface area (Å²) in [6, 6.07) is 4.48. The lowest BCUT2D eigenvalue weighted by Crippen LogP contribution is -2.40. The fourth-order valence-corrected chi connectivity index (χ4v) is 3.18. The van der Waals surface area contributed by atoms with E-state index in [0.29, 0.717) is 35.7 Å². The van der Waals surface area contributed by atoms with E-state index in [-0.39, 0.29) is 5.82 Å². The lowest BCUT2D eigenvalue weighted by atomic mass is 10.0. The molecule has 1 aliphatic rings. The number of aryl methyl sites for hydroxylation is 1. The van der Waals surface area contributed by atoms with Crippen LogP contribution in [0.1, 0.15) is 35.8 Å². The summed E-state index contributed by atoms with van der Waals surface area (Å²) < 4.78 is 20.0. The first kappa shape index (κ1) is 18.1. The zero-order chi connectivity index (χ0) is 18.8. The van der Waals surface area contributed by atoms with Crippen LogP contribution in [-0.2, 0) is 14.3 Å². The largest absolute Gasteiger partial charge is 0.479 e. The Morgan fingerprint density at radius 1 is 1.35 bits per heavy atom. The summed E-state index contributed by atoms with van der Waals surface area (Å²) in [5, 5.41) is 16.6. The smallest absolute Gasteiger partial charge is 0.331 e. The molecule has 2 atom stereocenters. The highest BCUT2D eigenvalue weighted by molar-refractivity contribution is 5.87. The van der Waals surface area contributed by atoms with Crippen LogP contribution in [0.5, 0.6) is 0 Å². The molecule has 0 saturated carbocycles. The van der Waals surface area contributed by atoms with Crippen LogP contribution in [0.3, 0.4) is 0 Å². The van der Waals surface area contributed by atoms with E-state index < -0.39 is 24.0 Å². The number of carboxylic acid groups (broad SMARTS) is 1.